The molecule has 0 bridgehead atoms. The van der Waals surface area contributed by atoms with Crippen LogP contribution >= 0.6 is 23.4 Å². The predicted molar refractivity (Wildman–Crippen MR) is 120 cm³/mol. The van der Waals surface area contributed by atoms with Gasteiger partial charge in [0.05, 0.1) is 25.7 Å². The monoisotopic (exact) mass is 446 g/mol. The summed E-state index contributed by atoms with van der Waals surface area (Å²) in [5, 5.41) is 12.7. The van der Waals surface area contributed by atoms with E-state index in [1.54, 1.807) is 19.2 Å². The Morgan fingerprint density at radius 2 is 1.90 bits per heavy atom. The zero-order valence-corrected chi connectivity index (χ0v) is 18.8. The third-order valence-electron chi connectivity index (χ3n) is 4.47. The maximum absolute atomic E-state index is 12.5. The number of aryl methyl sites for hydroxylation is 1. The van der Waals surface area contributed by atoms with Gasteiger partial charge in [-0.3, -0.25) is 4.79 Å². The lowest BCUT2D eigenvalue weighted by Gasteiger charge is -2.12. The Morgan fingerprint density at radius 3 is 2.53 bits per heavy atom. The first-order valence-electron chi connectivity index (χ1n) is 9.31. The lowest BCUT2D eigenvalue weighted by Crippen LogP contribution is -2.15. The van der Waals surface area contributed by atoms with Crippen molar-refractivity contribution in [3.63, 3.8) is 0 Å². The van der Waals surface area contributed by atoms with Gasteiger partial charge in [0, 0.05) is 23.2 Å². The summed E-state index contributed by atoms with van der Waals surface area (Å²) in [7, 11) is 3.17. The Labute approximate surface area is 184 Å². The molecule has 1 heterocycles. The van der Waals surface area contributed by atoms with Crippen LogP contribution in [0.3, 0.4) is 0 Å². The summed E-state index contributed by atoms with van der Waals surface area (Å²) >= 11 is 7.45. The molecule has 0 fully saturated rings. The normalized spacial score (nSPS) is 10.7. The first kappa shape index (κ1) is 22.0. The van der Waals surface area contributed by atoms with Crippen molar-refractivity contribution >= 4 is 35.0 Å². The van der Waals surface area contributed by atoms with Crippen LogP contribution in [-0.4, -0.2) is 40.6 Å². The molecular formula is C21H23ClN4O3S. The number of nitrogens with zero attached hydrogens (tertiary/aromatic N) is 3. The number of rotatable bonds is 8. The van der Waals surface area contributed by atoms with E-state index in [0.29, 0.717) is 28.2 Å². The van der Waals surface area contributed by atoms with Gasteiger partial charge in [-0.15, -0.1) is 10.2 Å². The number of amides is 1. The Hall–Kier alpha value is -2.71. The highest BCUT2D eigenvalue weighted by atomic mass is 35.5. The van der Waals surface area contributed by atoms with Crippen molar-refractivity contribution in [2.75, 3.05) is 25.3 Å². The number of carbonyl (C=O) groups is 1. The number of halogens is 1. The quantitative estimate of drug-likeness (QED) is 0.506. The van der Waals surface area contributed by atoms with Crippen LogP contribution in [0.4, 0.5) is 5.69 Å². The van der Waals surface area contributed by atoms with E-state index in [-0.39, 0.29) is 11.7 Å². The molecule has 0 aliphatic rings. The second-order valence-corrected chi connectivity index (χ2v) is 7.77. The maximum atomic E-state index is 12.5. The van der Waals surface area contributed by atoms with Crippen LogP contribution in [-0.2, 0) is 11.3 Å². The van der Waals surface area contributed by atoms with E-state index in [2.05, 4.69) is 15.5 Å². The van der Waals surface area contributed by atoms with Crippen LogP contribution in [0.1, 0.15) is 12.5 Å². The van der Waals surface area contributed by atoms with Crippen molar-refractivity contribution in [1.82, 2.24) is 14.8 Å². The Kier molecular flexibility index (Phi) is 7.23. The van der Waals surface area contributed by atoms with Crippen LogP contribution in [0.5, 0.6) is 11.5 Å². The third kappa shape index (κ3) is 4.88. The molecule has 3 rings (SSSR count). The number of nitrogens with one attached hydrogen (secondary N) is 1. The molecule has 0 unspecified atom stereocenters. The smallest absolute Gasteiger partial charge is 0.234 e. The van der Waals surface area contributed by atoms with E-state index in [1.807, 2.05) is 42.7 Å². The lowest BCUT2D eigenvalue weighted by molar-refractivity contribution is -0.113. The summed E-state index contributed by atoms with van der Waals surface area (Å²) in [5.41, 5.74) is 2.37. The number of hydrogen-bond donors (Lipinski definition) is 1. The number of ether oxygens (including phenoxy) is 2. The van der Waals surface area contributed by atoms with Crippen LogP contribution in [0, 0.1) is 6.92 Å². The first-order valence-corrected chi connectivity index (χ1v) is 10.7. The van der Waals surface area contributed by atoms with Crippen LogP contribution in [0.25, 0.3) is 11.4 Å². The average molecular weight is 447 g/mol. The van der Waals surface area contributed by atoms with E-state index < -0.39 is 0 Å². The highest BCUT2D eigenvalue weighted by molar-refractivity contribution is 7.99. The molecule has 9 heteroatoms. The minimum atomic E-state index is -0.170. The largest absolute Gasteiger partial charge is 0.497 e. The summed E-state index contributed by atoms with van der Waals surface area (Å²) in [6.07, 6.45) is 0. The van der Waals surface area contributed by atoms with Crippen molar-refractivity contribution in [2.24, 2.45) is 0 Å². The maximum Gasteiger partial charge on any atom is 0.234 e. The zero-order chi connectivity index (χ0) is 21.7. The number of thioether (sulfide) groups is 1. The van der Waals surface area contributed by atoms with Gasteiger partial charge in [-0.2, -0.15) is 0 Å². The van der Waals surface area contributed by atoms with Crippen LogP contribution < -0.4 is 14.8 Å². The van der Waals surface area contributed by atoms with Gasteiger partial charge in [0.1, 0.15) is 11.5 Å². The van der Waals surface area contributed by atoms with E-state index in [9.17, 15) is 4.79 Å². The van der Waals surface area contributed by atoms with E-state index in [4.69, 9.17) is 21.1 Å². The van der Waals surface area contributed by atoms with Gasteiger partial charge < -0.3 is 19.4 Å². The molecule has 1 amide bonds. The Morgan fingerprint density at radius 1 is 1.17 bits per heavy atom. The molecule has 0 aliphatic carbocycles. The second kappa shape index (κ2) is 9.86. The number of benzene rings is 2. The average Bonchev–Trinajstić information content (AvgIpc) is 3.17. The fourth-order valence-corrected chi connectivity index (χ4v) is 3.84. The van der Waals surface area contributed by atoms with Gasteiger partial charge in [-0.25, -0.2) is 0 Å². The Balaban J connectivity index is 1.71. The van der Waals surface area contributed by atoms with Gasteiger partial charge in [-0.05, 0) is 49.7 Å². The molecule has 0 saturated carbocycles. The third-order valence-corrected chi connectivity index (χ3v) is 5.84. The predicted octanol–water partition coefficient (Wildman–Crippen LogP) is 4.67. The summed E-state index contributed by atoms with van der Waals surface area (Å²) in [6, 6.07) is 11.1. The number of anilines is 1. The van der Waals surface area contributed by atoms with Gasteiger partial charge in [0.15, 0.2) is 11.0 Å². The molecule has 3 aromatic rings. The summed E-state index contributed by atoms with van der Waals surface area (Å²) in [5.74, 6) is 2.06. The molecule has 1 N–H and O–H groups in total. The van der Waals surface area contributed by atoms with E-state index >= 15 is 0 Å². The summed E-state index contributed by atoms with van der Waals surface area (Å²) in [6.45, 7) is 4.57. The molecule has 0 radical (unpaired) electrons. The molecule has 158 valence electrons. The standard InChI is InChI=1S/C21H23ClN4O3S/c1-5-26-20(14-6-8-15(28-3)9-7-14)24-25-21(26)30-12-19(27)23-17-10-13(2)16(22)11-18(17)29-4/h6-11H,5,12H2,1-4H3,(H,23,27). The van der Waals surface area contributed by atoms with Crippen LogP contribution in [0.15, 0.2) is 41.6 Å². The molecule has 0 aliphatic heterocycles. The SMILES string of the molecule is CCn1c(SCC(=O)Nc2cc(C)c(Cl)cc2OC)nnc1-c1ccc(OC)cc1. The molecule has 0 spiro atoms. The van der Waals surface area contributed by atoms with Crippen molar-refractivity contribution in [2.45, 2.75) is 25.5 Å². The Bertz CT molecular complexity index is 1040. The highest BCUT2D eigenvalue weighted by Gasteiger charge is 2.16. The molecule has 30 heavy (non-hydrogen) atoms. The molecule has 1 aromatic heterocycles. The minimum Gasteiger partial charge on any atom is -0.497 e. The van der Waals surface area contributed by atoms with Gasteiger partial charge >= 0.3 is 0 Å². The molecule has 7 nitrogen and oxygen atoms in total. The lowest BCUT2D eigenvalue weighted by atomic mass is 10.2. The van der Waals surface area contributed by atoms with Gasteiger partial charge in [0.25, 0.3) is 0 Å². The van der Waals surface area contributed by atoms with E-state index in [0.717, 1.165) is 22.7 Å². The summed E-state index contributed by atoms with van der Waals surface area (Å²) < 4.78 is 12.5. The van der Waals surface area contributed by atoms with Gasteiger partial charge in [0.2, 0.25) is 5.91 Å². The molecule has 0 atom stereocenters. The van der Waals surface area contributed by atoms with Crippen molar-refractivity contribution in [1.29, 1.82) is 0 Å². The number of hydrogen-bond acceptors (Lipinski definition) is 6. The minimum absolute atomic E-state index is 0.170. The fourth-order valence-electron chi connectivity index (χ4n) is 2.88. The van der Waals surface area contributed by atoms with Crippen molar-refractivity contribution < 1.29 is 14.3 Å². The van der Waals surface area contributed by atoms with Crippen molar-refractivity contribution in [3.05, 3.63) is 47.0 Å². The van der Waals surface area contributed by atoms with Gasteiger partial charge in [-0.1, -0.05) is 23.4 Å². The second-order valence-electron chi connectivity index (χ2n) is 6.42. The molecule has 0 saturated heterocycles. The number of carbonyl (C=O) groups excluding carboxylic acids is 1. The first-order chi connectivity index (χ1) is 14.5. The van der Waals surface area contributed by atoms with Crippen LogP contribution in [0.2, 0.25) is 5.02 Å². The fraction of sp³-hybridized carbons (Fsp3) is 0.286. The zero-order valence-electron chi connectivity index (χ0n) is 17.2. The molecular weight excluding hydrogens is 424 g/mol. The number of aromatic nitrogens is 3. The summed E-state index contributed by atoms with van der Waals surface area (Å²) in [4.78, 5) is 12.5. The van der Waals surface area contributed by atoms with E-state index in [1.165, 1.54) is 18.9 Å². The molecule has 2 aromatic carbocycles. The van der Waals surface area contributed by atoms with Crippen molar-refractivity contribution in [3.8, 4) is 22.9 Å². The topological polar surface area (TPSA) is 78.3 Å². The number of methoxy groups -OCH3 is 2. The highest BCUT2D eigenvalue weighted by Crippen LogP contribution is 2.31.